The number of rotatable bonds is 6. The van der Waals surface area contributed by atoms with Crippen LogP contribution in [0.25, 0.3) is 11.0 Å². The van der Waals surface area contributed by atoms with Gasteiger partial charge < -0.3 is 4.98 Å². The Hall–Kier alpha value is -1.78. The molecule has 1 N–H and O–H groups in total. The summed E-state index contributed by atoms with van der Waals surface area (Å²) in [7, 11) is 0. The predicted octanol–water partition coefficient (Wildman–Crippen LogP) is 4.37. The zero-order chi connectivity index (χ0) is 15.4. The molecule has 2 aromatic carbocycles. The van der Waals surface area contributed by atoms with E-state index in [1.807, 2.05) is 24.3 Å². The molecule has 3 aromatic rings. The first-order valence-corrected chi connectivity index (χ1v) is 8.56. The van der Waals surface area contributed by atoms with Gasteiger partial charge in [0, 0.05) is 22.8 Å². The Kier molecular flexibility index (Phi) is 4.80. The fourth-order valence-electron chi connectivity index (χ4n) is 2.18. The first-order valence-electron chi connectivity index (χ1n) is 7.02. The Balaban J connectivity index is 1.49. The van der Waals surface area contributed by atoms with Crippen molar-refractivity contribution in [2.45, 2.75) is 6.42 Å². The number of hydrogen-bond donors (Lipinski definition) is 1. The molecule has 5 heteroatoms. The van der Waals surface area contributed by atoms with E-state index < -0.39 is 0 Å². The number of para-hydroxylation sites is 2. The molecule has 0 fully saturated rings. The van der Waals surface area contributed by atoms with Crippen LogP contribution in [0.5, 0.6) is 0 Å². The molecule has 0 saturated heterocycles. The van der Waals surface area contributed by atoms with Gasteiger partial charge in [-0.15, -0.1) is 0 Å². The molecule has 0 amide bonds. The molecule has 22 heavy (non-hydrogen) atoms. The fourth-order valence-corrected chi connectivity index (χ4v) is 3.14. The van der Waals surface area contributed by atoms with Crippen LogP contribution < -0.4 is 0 Å². The smallest absolute Gasteiger partial charge is 0.172 e. The van der Waals surface area contributed by atoms with Gasteiger partial charge >= 0.3 is 0 Å². The number of Topliss-reactive ketones (excluding diaryl/α,β-unsaturated/α-hetero) is 1. The van der Waals surface area contributed by atoms with E-state index in [1.54, 1.807) is 36.0 Å². The van der Waals surface area contributed by atoms with Gasteiger partial charge in [-0.3, -0.25) is 4.79 Å². The van der Waals surface area contributed by atoms with E-state index in [4.69, 9.17) is 11.6 Å². The van der Waals surface area contributed by atoms with Crippen molar-refractivity contribution in [2.24, 2.45) is 0 Å². The first-order chi connectivity index (χ1) is 10.7. The zero-order valence-corrected chi connectivity index (χ0v) is 13.5. The van der Waals surface area contributed by atoms with Crippen LogP contribution in [0.15, 0.2) is 48.5 Å². The summed E-state index contributed by atoms with van der Waals surface area (Å²) >= 11 is 7.44. The summed E-state index contributed by atoms with van der Waals surface area (Å²) in [6, 6.07) is 15.0. The van der Waals surface area contributed by atoms with Crippen molar-refractivity contribution in [3.8, 4) is 0 Å². The second-order valence-corrected chi connectivity index (χ2v) is 6.47. The third kappa shape index (κ3) is 3.70. The Morgan fingerprint density at radius 2 is 1.91 bits per heavy atom. The number of aromatic amines is 1. The van der Waals surface area contributed by atoms with Gasteiger partial charge in [0.05, 0.1) is 16.8 Å². The van der Waals surface area contributed by atoms with Crippen molar-refractivity contribution < 1.29 is 4.79 Å². The van der Waals surface area contributed by atoms with E-state index in [9.17, 15) is 4.79 Å². The molecule has 3 nitrogen and oxygen atoms in total. The quantitative estimate of drug-likeness (QED) is 0.539. The Bertz CT molecular complexity index is 750. The van der Waals surface area contributed by atoms with E-state index in [-0.39, 0.29) is 5.78 Å². The van der Waals surface area contributed by atoms with Gasteiger partial charge in [-0.1, -0.05) is 23.7 Å². The molecule has 0 aliphatic heterocycles. The molecule has 0 aliphatic rings. The number of thioether (sulfide) groups is 1. The Labute approximate surface area is 138 Å². The molecule has 0 spiro atoms. The number of benzene rings is 2. The van der Waals surface area contributed by atoms with Crippen molar-refractivity contribution in [1.29, 1.82) is 0 Å². The van der Waals surface area contributed by atoms with E-state index >= 15 is 0 Å². The first kappa shape index (κ1) is 15.1. The van der Waals surface area contributed by atoms with Crippen LogP contribution in [0.2, 0.25) is 5.02 Å². The third-order valence-electron chi connectivity index (χ3n) is 3.32. The minimum absolute atomic E-state index is 0.131. The number of fused-ring (bicyclic) bond motifs is 1. The summed E-state index contributed by atoms with van der Waals surface area (Å²) in [4.78, 5) is 19.8. The van der Waals surface area contributed by atoms with Gasteiger partial charge in [0.15, 0.2) is 5.78 Å². The minimum atomic E-state index is 0.131. The van der Waals surface area contributed by atoms with Crippen molar-refractivity contribution in [3.63, 3.8) is 0 Å². The zero-order valence-electron chi connectivity index (χ0n) is 11.9. The van der Waals surface area contributed by atoms with Crippen molar-refractivity contribution >= 4 is 40.2 Å². The Morgan fingerprint density at radius 3 is 2.68 bits per heavy atom. The number of ketones is 1. The second-order valence-electron chi connectivity index (χ2n) is 4.93. The normalized spacial score (nSPS) is 11.0. The van der Waals surface area contributed by atoms with Gasteiger partial charge in [-0.2, -0.15) is 11.8 Å². The van der Waals surface area contributed by atoms with Gasteiger partial charge in [-0.05, 0) is 36.4 Å². The SMILES string of the molecule is O=C(CSCCc1nc2ccccc2[nH]1)c1ccc(Cl)cc1. The predicted molar refractivity (Wildman–Crippen MR) is 92.9 cm³/mol. The topological polar surface area (TPSA) is 45.8 Å². The number of aromatic nitrogens is 2. The standard InChI is InChI=1S/C17H15ClN2OS/c18-13-7-5-12(6-8-13)16(21)11-22-10-9-17-19-14-3-1-2-4-15(14)20-17/h1-8H,9-11H2,(H,19,20). The molecule has 1 aromatic heterocycles. The molecule has 0 atom stereocenters. The molecule has 112 valence electrons. The molecular formula is C17H15ClN2OS. The Morgan fingerprint density at radius 1 is 1.14 bits per heavy atom. The summed E-state index contributed by atoms with van der Waals surface area (Å²) in [5.74, 6) is 2.43. The van der Waals surface area contributed by atoms with Crippen LogP contribution in [0.3, 0.4) is 0 Å². The highest BCUT2D eigenvalue weighted by Crippen LogP contribution is 2.14. The number of halogens is 1. The van der Waals surface area contributed by atoms with Crippen LogP contribution in [0.1, 0.15) is 16.2 Å². The minimum Gasteiger partial charge on any atom is -0.342 e. The summed E-state index contributed by atoms with van der Waals surface area (Å²) in [5, 5.41) is 0.647. The summed E-state index contributed by atoms with van der Waals surface area (Å²) in [6.45, 7) is 0. The average Bonchev–Trinajstić information content (AvgIpc) is 2.95. The summed E-state index contributed by atoms with van der Waals surface area (Å²) in [6.07, 6.45) is 0.827. The maximum absolute atomic E-state index is 12.0. The van der Waals surface area contributed by atoms with Gasteiger partial charge in [0.25, 0.3) is 0 Å². The van der Waals surface area contributed by atoms with Crippen LogP contribution in [-0.4, -0.2) is 27.3 Å². The number of carbonyl (C=O) groups is 1. The number of nitrogens with one attached hydrogen (secondary N) is 1. The van der Waals surface area contributed by atoms with Crippen LogP contribution in [0, 0.1) is 0 Å². The fraction of sp³-hybridized carbons (Fsp3) is 0.176. The molecule has 0 bridgehead atoms. The van der Waals surface area contributed by atoms with E-state index in [0.29, 0.717) is 16.3 Å². The van der Waals surface area contributed by atoms with Crippen molar-refractivity contribution in [3.05, 3.63) is 64.9 Å². The molecule has 0 radical (unpaired) electrons. The third-order valence-corrected chi connectivity index (χ3v) is 4.53. The molecular weight excluding hydrogens is 316 g/mol. The molecule has 0 unspecified atom stereocenters. The highest BCUT2D eigenvalue weighted by molar-refractivity contribution is 7.99. The molecule has 1 heterocycles. The van der Waals surface area contributed by atoms with E-state index in [2.05, 4.69) is 9.97 Å². The number of H-pyrrole nitrogens is 1. The van der Waals surface area contributed by atoms with Gasteiger partial charge in [-0.25, -0.2) is 4.98 Å². The number of aryl methyl sites for hydroxylation is 1. The van der Waals surface area contributed by atoms with Crippen LogP contribution in [0.4, 0.5) is 0 Å². The second kappa shape index (κ2) is 6.99. The van der Waals surface area contributed by atoms with E-state index in [0.717, 1.165) is 29.0 Å². The lowest BCUT2D eigenvalue weighted by atomic mass is 10.1. The summed E-state index contributed by atoms with van der Waals surface area (Å²) < 4.78 is 0. The monoisotopic (exact) mass is 330 g/mol. The maximum atomic E-state index is 12.0. The number of carbonyl (C=O) groups excluding carboxylic acids is 1. The average molecular weight is 331 g/mol. The lowest BCUT2D eigenvalue weighted by Gasteiger charge is -2.01. The number of imidazole rings is 1. The lowest BCUT2D eigenvalue weighted by molar-refractivity contribution is 0.102. The van der Waals surface area contributed by atoms with Gasteiger partial charge in [0.1, 0.15) is 5.82 Å². The maximum Gasteiger partial charge on any atom is 0.172 e. The number of nitrogens with zero attached hydrogens (tertiary/aromatic N) is 1. The van der Waals surface area contributed by atoms with Crippen molar-refractivity contribution in [2.75, 3.05) is 11.5 Å². The molecule has 0 saturated carbocycles. The summed E-state index contributed by atoms with van der Waals surface area (Å²) in [5.41, 5.74) is 2.75. The highest BCUT2D eigenvalue weighted by Gasteiger charge is 2.07. The van der Waals surface area contributed by atoms with Gasteiger partial charge in [0.2, 0.25) is 0 Å². The molecule has 3 rings (SSSR count). The highest BCUT2D eigenvalue weighted by atomic mass is 35.5. The van der Waals surface area contributed by atoms with Crippen molar-refractivity contribution in [1.82, 2.24) is 9.97 Å². The largest absolute Gasteiger partial charge is 0.342 e. The van der Waals surface area contributed by atoms with Crippen LogP contribution >= 0.6 is 23.4 Å². The van der Waals surface area contributed by atoms with Crippen LogP contribution in [-0.2, 0) is 6.42 Å². The number of hydrogen-bond acceptors (Lipinski definition) is 3. The lowest BCUT2D eigenvalue weighted by Crippen LogP contribution is -2.03. The van der Waals surface area contributed by atoms with E-state index in [1.165, 1.54) is 0 Å². The molecule has 0 aliphatic carbocycles.